The van der Waals surface area contributed by atoms with Crippen molar-refractivity contribution in [2.45, 2.75) is 26.8 Å². The number of rotatable bonds is 8. The third kappa shape index (κ3) is 6.17. The normalized spacial score (nSPS) is 11.2. The van der Waals surface area contributed by atoms with E-state index in [1.54, 1.807) is 6.07 Å². The largest absolute Gasteiger partial charge is 0.459 e. The second kappa shape index (κ2) is 11.4. The van der Waals surface area contributed by atoms with Crippen LogP contribution >= 0.6 is 24.0 Å². The van der Waals surface area contributed by atoms with Crippen LogP contribution in [0.15, 0.2) is 46.1 Å². The van der Waals surface area contributed by atoms with Gasteiger partial charge in [-0.1, -0.05) is 6.07 Å². The number of hydrogen-bond donors (Lipinski definition) is 3. The number of aliphatic imine (C=N–C) groups is 1. The summed E-state index contributed by atoms with van der Waals surface area (Å²) in [4.78, 5) is 16.6. The molecule has 0 fully saturated rings. The number of furan rings is 1. The predicted octanol–water partition coefficient (Wildman–Crippen LogP) is 2.12. The van der Waals surface area contributed by atoms with Gasteiger partial charge in [0.25, 0.3) is 5.91 Å². The van der Waals surface area contributed by atoms with E-state index < -0.39 is 0 Å². The molecule has 3 aromatic rings. The van der Waals surface area contributed by atoms with E-state index in [9.17, 15) is 4.79 Å². The highest BCUT2D eigenvalue weighted by Crippen LogP contribution is 2.08. The standard InChI is InChI=1S/C19H25N7O2.HI/c1-3-20-19(23-13-16-25-24-15-7-4-5-11-26(15)16)22-10-6-9-21-18(27)17-14(2)8-12-28-17;/h4-5,7-8,11-12H,3,6,9-10,13H2,1-2H3,(H,21,27)(H2,20,22,23);1H. The molecule has 0 aliphatic heterocycles. The monoisotopic (exact) mass is 511 g/mol. The summed E-state index contributed by atoms with van der Waals surface area (Å²) in [5.41, 5.74) is 1.63. The number of hydrogen-bond acceptors (Lipinski definition) is 5. The molecule has 0 aliphatic rings. The second-order valence-electron chi connectivity index (χ2n) is 6.21. The zero-order valence-electron chi connectivity index (χ0n) is 16.5. The minimum Gasteiger partial charge on any atom is -0.459 e. The van der Waals surface area contributed by atoms with Gasteiger partial charge in [-0.2, -0.15) is 0 Å². The maximum absolute atomic E-state index is 12.0. The first-order valence-corrected chi connectivity index (χ1v) is 9.32. The summed E-state index contributed by atoms with van der Waals surface area (Å²) in [7, 11) is 0. The SMILES string of the molecule is CCNC(=NCc1nnc2ccccn12)NCCCNC(=O)c1occc1C.I. The van der Waals surface area contributed by atoms with Crippen LogP contribution in [-0.4, -0.2) is 46.1 Å². The molecule has 0 saturated heterocycles. The van der Waals surface area contributed by atoms with Crippen LogP contribution < -0.4 is 16.0 Å². The van der Waals surface area contributed by atoms with Gasteiger partial charge in [0.2, 0.25) is 0 Å². The Labute approximate surface area is 186 Å². The van der Waals surface area contributed by atoms with Crippen molar-refractivity contribution in [1.82, 2.24) is 30.5 Å². The number of halogens is 1. The first-order chi connectivity index (χ1) is 13.7. The number of aromatic nitrogens is 3. The summed E-state index contributed by atoms with van der Waals surface area (Å²) in [5, 5.41) is 17.6. The zero-order valence-corrected chi connectivity index (χ0v) is 18.8. The highest BCUT2D eigenvalue weighted by Gasteiger charge is 2.11. The molecule has 0 bridgehead atoms. The van der Waals surface area contributed by atoms with Crippen molar-refractivity contribution in [2.75, 3.05) is 19.6 Å². The molecule has 0 spiro atoms. The van der Waals surface area contributed by atoms with Gasteiger partial charge in [-0.05, 0) is 38.5 Å². The quantitative estimate of drug-likeness (QED) is 0.185. The summed E-state index contributed by atoms with van der Waals surface area (Å²) in [5.74, 6) is 1.64. The summed E-state index contributed by atoms with van der Waals surface area (Å²) >= 11 is 0. The van der Waals surface area contributed by atoms with Gasteiger partial charge in [0.05, 0.1) is 6.26 Å². The Morgan fingerprint density at radius 1 is 1.17 bits per heavy atom. The summed E-state index contributed by atoms with van der Waals surface area (Å²) < 4.78 is 7.10. The Hall–Kier alpha value is -2.63. The molecule has 10 heteroatoms. The van der Waals surface area contributed by atoms with Crippen LogP contribution in [0.1, 0.15) is 35.3 Å². The van der Waals surface area contributed by atoms with Gasteiger partial charge in [0, 0.05) is 31.4 Å². The van der Waals surface area contributed by atoms with Crippen molar-refractivity contribution >= 4 is 41.5 Å². The van der Waals surface area contributed by atoms with Gasteiger partial charge in [-0.15, -0.1) is 34.2 Å². The van der Waals surface area contributed by atoms with Crippen LogP contribution in [0.2, 0.25) is 0 Å². The smallest absolute Gasteiger partial charge is 0.287 e. The fourth-order valence-corrected chi connectivity index (χ4v) is 2.67. The van der Waals surface area contributed by atoms with Gasteiger partial charge in [0.1, 0.15) is 6.54 Å². The Morgan fingerprint density at radius 3 is 2.76 bits per heavy atom. The third-order valence-corrected chi connectivity index (χ3v) is 4.11. The van der Waals surface area contributed by atoms with E-state index in [2.05, 4.69) is 31.1 Å². The van der Waals surface area contributed by atoms with E-state index in [-0.39, 0.29) is 29.9 Å². The number of guanidine groups is 1. The van der Waals surface area contributed by atoms with Crippen LogP contribution in [0, 0.1) is 6.92 Å². The number of carbonyl (C=O) groups excluding carboxylic acids is 1. The fraction of sp³-hybridized carbons (Fsp3) is 0.368. The Bertz CT molecular complexity index is 951. The third-order valence-electron chi connectivity index (χ3n) is 4.11. The lowest BCUT2D eigenvalue weighted by Gasteiger charge is -2.11. The predicted molar refractivity (Wildman–Crippen MR) is 122 cm³/mol. The average molecular weight is 511 g/mol. The first kappa shape index (κ1) is 22.7. The number of carbonyl (C=O) groups is 1. The molecule has 156 valence electrons. The Morgan fingerprint density at radius 2 is 2.00 bits per heavy atom. The van der Waals surface area contributed by atoms with Crippen LogP contribution in [0.3, 0.4) is 0 Å². The van der Waals surface area contributed by atoms with Gasteiger partial charge >= 0.3 is 0 Å². The molecule has 3 aromatic heterocycles. The zero-order chi connectivity index (χ0) is 19.8. The Balaban J connectivity index is 0.00000300. The van der Waals surface area contributed by atoms with Crippen molar-refractivity contribution in [3.8, 4) is 0 Å². The number of pyridine rings is 1. The molecule has 0 unspecified atom stereocenters. The molecule has 9 nitrogen and oxygen atoms in total. The number of fused-ring (bicyclic) bond motifs is 1. The van der Waals surface area contributed by atoms with Gasteiger partial charge in [0.15, 0.2) is 23.2 Å². The number of aryl methyl sites for hydroxylation is 1. The molecule has 0 aliphatic carbocycles. The number of amides is 1. The average Bonchev–Trinajstić information content (AvgIpc) is 3.31. The van der Waals surface area contributed by atoms with E-state index in [4.69, 9.17) is 4.42 Å². The lowest BCUT2D eigenvalue weighted by atomic mass is 10.2. The molecule has 0 radical (unpaired) electrons. The van der Waals surface area contributed by atoms with Crippen molar-refractivity contribution in [1.29, 1.82) is 0 Å². The van der Waals surface area contributed by atoms with Crippen molar-refractivity contribution in [3.05, 3.63) is 53.9 Å². The van der Waals surface area contributed by atoms with Gasteiger partial charge in [-0.25, -0.2) is 4.99 Å². The van der Waals surface area contributed by atoms with Gasteiger partial charge < -0.3 is 20.4 Å². The van der Waals surface area contributed by atoms with E-state index >= 15 is 0 Å². The molecule has 0 aromatic carbocycles. The molecular weight excluding hydrogens is 485 g/mol. The summed E-state index contributed by atoms with van der Waals surface area (Å²) in [6.45, 7) is 6.23. The molecule has 3 N–H and O–H groups in total. The topological polar surface area (TPSA) is 109 Å². The van der Waals surface area contributed by atoms with E-state index in [0.717, 1.165) is 30.0 Å². The minimum atomic E-state index is -0.193. The molecule has 0 atom stereocenters. The van der Waals surface area contributed by atoms with Crippen LogP contribution in [0.4, 0.5) is 0 Å². The maximum Gasteiger partial charge on any atom is 0.287 e. The second-order valence-corrected chi connectivity index (χ2v) is 6.21. The molecular formula is C19H26IN7O2. The van der Waals surface area contributed by atoms with Crippen LogP contribution in [0.5, 0.6) is 0 Å². The fourth-order valence-electron chi connectivity index (χ4n) is 2.67. The summed E-state index contributed by atoms with van der Waals surface area (Å²) in [6.07, 6.45) is 4.19. The number of nitrogens with zero attached hydrogens (tertiary/aromatic N) is 4. The lowest BCUT2D eigenvalue weighted by Crippen LogP contribution is -2.38. The molecule has 3 rings (SSSR count). The highest BCUT2D eigenvalue weighted by molar-refractivity contribution is 14.0. The number of nitrogens with one attached hydrogen (secondary N) is 3. The van der Waals surface area contributed by atoms with E-state index in [0.29, 0.717) is 31.4 Å². The van der Waals surface area contributed by atoms with E-state index in [1.165, 1.54) is 6.26 Å². The highest BCUT2D eigenvalue weighted by atomic mass is 127. The minimum absolute atomic E-state index is 0. The van der Waals surface area contributed by atoms with Gasteiger partial charge in [-0.3, -0.25) is 9.20 Å². The van der Waals surface area contributed by atoms with Crippen molar-refractivity contribution in [3.63, 3.8) is 0 Å². The maximum atomic E-state index is 12.0. The van der Waals surface area contributed by atoms with Crippen molar-refractivity contribution in [2.24, 2.45) is 4.99 Å². The van der Waals surface area contributed by atoms with Crippen LogP contribution in [0.25, 0.3) is 5.65 Å². The lowest BCUT2D eigenvalue weighted by molar-refractivity contribution is 0.0925. The molecule has 29 heavy (non-hydrogen) atoms. The molecule has 1 amide bonds. The molecule has 0 saturated carbocycles. The van der Waals surface area contributed by atoms with E-state index in [1.807, 2.05) is 42.6 Å². The van der Waals surface area contributed by atoms with Crippen molar-refractivity contribution < 1.29 is 9.21 Å². The Kier molecular flexibility index (Phi) is 8.90. The summed E-state index contributed by atoms with van der Waals surface area (Å²) in [6, 6.07) is 7.54. The molecule has 3 heterocycles. The van der Waals surface area contributed by atoms with Crippen LogP contribution in [-0.2, 0) is 6.54 Å². The first-order valence-electron chi connectivity index (χ1n) is 9.32.